The Labute approximate surface area is 386 Å². The van der Waals surface area contributed by atoms with Gasteiger partial charge in [0.2, 0.25) is 16.5 Å². The molecule has 0 bridgehead atoms. The summed E-state index contributed by atoms with van der Waals surface area (Å²) in [4.78, 5) is 12.1. The standard InChI is InChI=1S/C33H26ClN9O17S5.Cu/c1-14-3-4-16(61(46,47)48)10-20(14)36-33-38-31(34)37-32(39-33)35-19-7-6-18-28(30(19)65(58,59)60)27(64(55,56)57)13-24(29(18)45)43-41-22-9-15(2)21(12-25(22)44)40-42-23-11-17(62(49,50)51)5-8-26(23)63(52,53)54;/h3-13,44-45H,1-2H3,(H,46,47,48)(H,49,50,51)(H,52,53,54)(H,55,56,57)(H,58,59,60)(H2,35,36,37,38,39);/q;+2/p-2. The molecule has 7 N–H and O–H groups in total. The molecule has 6 aromatic rings. The Kier molecular flexibility index (Phi) is 14.3. The van der Waals surface area contributed by atoms with Crippen molar-refractivity contribution in [3.8, 4) is 11.5 Å². The Morgan fingerprint density at radius 2 is 1.11 bits per heavy atom. The van der Waals surface area contributed by atoms with E-state index in [1.807, 2.05) is 0 Å². The smallest absolute Gasteiger partial charge is 0.871 e. The van der Waals surface area contributed by atoms with Crippen molar-refractivity contribution in [1.82, 2.24) is 15.0 Å². The number of aromatic amines is 2. The first-order valence-corrected chi connectivity index (χ1v) is 24.5. The fourth-order valence-corrected chi connectivity index (χ4v) is 9.07. The van der Waals surface area contributed by atoms with E-state index in [9.17, 15) is 75.1 Å². The number of azo groups is 2. The van der Waals surface area contributed by atoms with E-state index in [4.69, 9.17) is 11.6 Å². The summed E-state index contributed by atoms with van der Waals surface area (Å²) in [6.45, 7) is 2.86. The van der Waals surface area contributed by atoms with Gasteiger partial charge in [-0.05, 0) is 96.6 Å². The summed E-state index contributed by atoms with van der Waals surface area (Å²) in [6.07, 6.45) is 0. The molecule has 0 saturated heterocycles. The molecule has 33 heteroatoms. The first-order valence-electron chi connectivity index (χ1n) is 17.0. The van der Waals surface area contributed by atoms with Crippen LogP contribution in [0, 0.1) is 13.8 Å². The van der Waals surface area contributed by atoms with Crippen LogP contribution >= 0.6 is 11.6 Å². The summed E-state index contributed by atoms with van der Waals surface area (Å²) in [5.41, 5.74) is -3.70. The predicted molar refractivity (Wildman–Crippen MR) is 217 cm³/mol. The monoisotopic (exact) mass is 1080 g/mol. The summed E-state index contributed by atoms with van der Waals surface area (Å²) in [6, 6.07) is 9.13. The molecular formula is C33H24ClCuN9O17S5. The number of nitrogens with zero attached hydrogens (tertiary/aromatic N) is 7. The van der Waals surface area contributed by atoms with Crippen molar-refractivity contribution in [1.29, 1.82) is 0 Å². The quantitative estimate of drug-likeness (QED) is 0.0550. The number of H-pyrrole nitrogens is 2. The van der Waals surface area contributed by atoms with Crippen molar-refractivity contribution >= 4 is 107 Å². The van der Waals surface area contributed by atoms with Gasteiger partial charge in [-0.3, -0.25) is 27.7 Å². The molecule has 26 nitrogen and oxygen atoms in total. The minimum atomic E-state index is -5.58. The molecule has 66 heavy (non-hydrogen) atoms. The number of fused-ring (bicyclic) bond motifs is 1. The molecule has 0 spiro atoms. The molecule has 0 aliphatic carbocycles. The van der Waals surface area contributed by atoms with Crippen LogP contribution in [0.25, 0.3) is 10.8 Å². The third-order valence-corrected chi connectivity index (χ3v) is 13.2. The molecule has 351 valence electrons. The third-order valence-electron chi connectivity index (χ3n) is 8.57. The first kappa shape index (κ1) is 51.1. The number of benzene rings is 5. The van der Waals surface area contributed by atoms with Crippen molar-refractivity contribution in [2.45, 2.75) is 38.3 Å². The van der Waals surface area contributed by atoms with E-state index >= 15 is 0 Å². The van der Waals surface area contributed by atoms with Gasteiger partial charge in [0.05, 0.1) is 38.2 Å². The van der Waals surface area contributed by atoms with E-state index in [2.05, 4.69) is 45.4 Å². The molecule has 0 saturated carbocycles. The van der Waals surface area contributed by atoms with Crippen LogP contribution in [0.15, 0.2) is 122 Å². The zero-order chi connectivity index (χ0) is 48.2. The molecule has 6 rings (SSSR count). The maximum atomic E-state index is 13.7. The summed E-state index contributed by atoms with van der Waals surface area (Å²) in [5.74, 6) is -2.26. The summed E-state index contributed by atoms with van der Waals surface area (Å²) < 4.78 is 170. The molecule has 0 aliphatic rings. The van der Waals surface area contributed by atoms with Gasteiger partial charge in [0.15, 0.2) is 0 Å². The van der Waals surface area contributed by atoms with E-state index in [0.29, 0.717) is 29.8 Å². The van der Waals surface area contributed by atoms with Gasteiger partial charge in [-0.1, -0.05) is 23.6 Å². The largest absolute Gasteiger partial charge is 2.00 e. The van der Waals surface area contributed by atoms with Gasteiger partial charge in [-0.25, -0.2) is 9.98 Å². The molecule has 0 atom stereocenters. The minimum Gasteiger partial charge on any atom is -0.871 e. The van der Waals surface area contributed by atoms with Crippen molar-refractivity contribution in [2.75, 3.05) is 0 Å². The number of halogens is 1. The Bertz CT molecular complexity index is 3830. The van der Waals surface area contributed by atoms with E-state index in [1.165, 1.54) is 19.9 Å². The number of hydrogen-bond donors (Lipinski definition) is 7. The SMILES string of the molecule is Cc1cc(N=Nc2cc(S(=O)(=O)O)c3c(S(=O)(=O)O)c(N=c4nc(Cl)[nH]c(=Nc5cc(S(=O)(=O)O)ccc5C)[nH]4)ccc3c2[O-])c([O-])cc1N=Nc1cc(S(=O)(=O)O)ccc1S(=O)(=O)O.[Cu+2]. The van der Waals surface area contributed by atoms with Crippen molar-refractivity contribution in [3.05, 3.63) is 94.4 Å². The molecule has 0 fully saturated rings. The van der Waals surface area contributed by atoms with Crippen LogP contribution in [0.3, 0.4) is 0 Å². The summed E-state index contributed by atoms with van der Waals surface area (Å²) in [5, 5.41) is 39.0. The van der Waals surface area contributed by atoms with Crippen LogP contribution in [0.1, 0.15) is 11.1 Å². The molecule has 0 amide bonds. The number of nitrogens with one attached hydrogen (secondary N) is 2. The van der Waals surface area contributed by atoms with Gasteiger partial charge in [0, 0.05) is 5.39 Å². The van der Waals surface area contributed by atoms with Crippen molar-refractivity contribution in [2.24, 2.45) is 30.4 Å². The first-order chi connectivity index (χ1) is 29.9. The fraction of sp³-hybridized carbons (Fsp3) is 0.0606. The topological polar surface area (TPSA) is 437 Å². The van der Waals surface area contributed by atoms with Crippen molar-refractivity contribution in [3.63, 3.8) is 0 Å². The van der Waals surface area contributed by atoms with E-state index in [1.54, 1.807) is 0 Å². The van der Waals surface area contributed by atoms with Crippen LogP contribution in [0.4, 0.5) is 34.1 Å². The molecule has 0 aliphatic heterocycles. The molecule has 1 aromatic heterocycles. The minimum absolute atomic E-state index is 0. The zero-order valence-electron chi connectivity index (χ0n) is 32.3. The molecule has 0 unspecified atom stereocenters. The van der Waals surface area contributed by atoms with Gasteiger partial charge in [-0.2, -0.15) is 62.4 Å². The van der Waals surface area contributed by atoms with Crippen LogP contribution in [-0.4, -0.2) is 79.8 Å². The molecular weight excluding hydrogens is 1050 g/mol. The number of hydrogen-bond acceptors (Lipinski definition) is 19. The fourth-order valence-electron chi connectivity index (χ4n) is 5.65. The second-order valence-corrected chi connectivity index (χ2v) is 20.4. The van der Waals surface area contributed by atoms with E-state index in [-0.39, 0.29) is 39.6 Å². The number of aromatic nitrogens is 3. The van der Waals surface area contributed by atoms with E-state index < -0.39 is 131 Å². The maximum Gasteiger partial charge on any atom is 2.00 e. The molecule has 5 aromatic carbocycles. The van der Waals surface area contributed by atoms with Crippen LogP contribution in [0.2, 0.25) is 5.28 Å². The van der Waals surface area contributed by atoms with E-state index in [0.717, 1.165) is 36.4 Å². The van der Waals surface area contributed by atoms with Crippen LogP contribution < -0.4 is 21.4 Å². The predicted octanol–water partition coefficient (Wildman–Crippen LogP) is 3.84. The van der Waals surface area contributed by atoms with Gasteiger partial charge in [0.25, 0.3) is 50.6 Å². The Morgan fingerprint density at radius 3 is 1.70 bits per heavy atom. The van der Waals surface area contributed by atoms with Crippen LogP contribution in [0.5, 0.6) is 11.5 Å². The third kappa shape index (κ3) is 11.4. The second-order valence-electron chi connectivity index (χ2n) is 13.1. The molecule has 1 heterocycles. The maximum absolute atomic E-state index is 13.7. The van der Waals surface area contributed by atoms with Gasteiger partial charge < -0.3 is 15.2 Å². The van der Waals surface area contributed by atoms with Crippen LogP contribution in [-0.2, 0) is 67.7 Å². The normalized spacial score (nSPS) is 13.5. The van der Waals surface area contributed by atoms with Crippen molar-refractivity contribution < 1.29 is 92.1 Å². The Hall–Kier alpha value is -5.87. The summed E-state index contributed by atoms with van der Waals surface area (Å²) in [7, 11) is -25.7. The Balaban J connectivity index is 0.00000817. The number of rotatable bonds is 11. The van der Waals surface area contributed by atoms with Gasteiger partial charge in [0.1, 0.15) is 20.4 Å². The van der Waals surface area contributed by atoms with Gasteiger partial charge >= 0.3 is 17.1 Å². The Morgan fingerprint density at radius 1 is 0.545 bits per heavy atom. The summed E-state index contributed by atoms with van der Waals surface area (Å²) >= 11 is 6.09. The molecule has 1 radical (unpaired) electrons. The average molecular weight is 1080 g/mol. The van der Waals surface area contributed by atoms with Gasteiger partial charge in [-0.15, -0.1) is 5.11 Å². The average Bonchev–Trinajstić information content (AvgIpc) is 3.16. The number of aryl methyl sites for hydroxylation is 2. The zero-order valence-corrected chi connectivity index (χ0v) is 38.1. The second kappa shape index (κ2) is 18.4.